The third kappa shape index (κ3) is 4.94. The number of amides is 2. The van der Waals surface area contributed by atoms with Gasteiger partial charge in [-0.25, -0.2) is 0 Å². The molecule has 2 amide bonds. The number of carbonyl (C=O) groups excluding carboxylic acids is 2. The Kier molecular flexibility index (Phi) is 5.52. The number of hydrogen-bond donors (Lipinski definition) is 2. The molecule has 1 aliphatic heterocycles. The van der Waals surface area contributed by atoms with Gasteiger partial charge in [0.05, 0.1) is 12.5 Å². The van der Waals surface area contributed by atoms with Crippen LogP contribution in [0.4, 0.5) is 5.69 Å². The van der Waals surface area contributed by atoms with E-state index in [0.717, 1.165) is 11.8 Å². The van der Waals surface area contributed by atoms with Gasteiger partial charge in [0.1, 0.15) is 11.0 Å². The maximum Gasteiger partial charge on any atom is 0.238 e. The van der Waals surface area contributed by atoms with Crippen LogP contribution >= 0.6 is 23.4 Å². The predicted molar refractivity (Wildman–Crippen MR) is 98.0 cm³/mol. The molecule has 3 rings (SSSR count). The maximum atomic E-state index is 12.4. The van der Waals surface area contributed by atoms with Crippen LogP contribution in [0, 0.1) is 0 Å². The molecule has 0 saturated carbocycles. The van der Waals surface area contributed by atoms with Crippen molar-refractivity contribution >= 4 is 52.2 Å². The zero-order chi connectivity index (χ0) is 17.6. The maximum absolute atomic E-state index is 12.4. The number of nitrogens with one attached hydrogen (secondary N) is 2. The Hall–Kier alpha value is -2.58. The van der Waals surface area contributed by atoms with Crippen LogP contribution in [-0.4, -0.2) is 28.4 Å². The van der Waals surface area contributed by atoms with Gasteiger partial charge in [0.15, 0.2) is 5.17 Å². The van der Waals surface area contributed by atoms with Gasteiger partial charge in [-0.15, -0.1) is 5.10 Å². The van der Waals surface area contributed by atoms with Crippen LogP contribution in [0.15, 0.2) is 57.3 Å². The number of furan rings is 1. The zero-order valence-corrected chi connectivity index (χ0v) is 14.4. The van der Waals surface area contributed by atoms with E-state index in [4.69, 9.17) is 16.0 Å². The Morgan fingerprint density at radius 3 is 2.88 bits per heavy atom. The van der Waals surface area contributed by atoms with E-state index in [2.05, 4.69) is 20.8 Å². The number of nitrogens with zero attached hydrogens (tertiary/aromatic N) is 2. The second kappa shape index (κ2) is 8.00. The van der Waals surface area contributed by atoms with Crippen LogP contribution in [0.3, 0.4) is 0 Å². The first-order valence-electron chi connectivity index (χ1n) is 7.27. The van der Waals surface area contributed by atoms with Gasteiger partial charge < -0.3 is 15.1 Å². The summed E-state index contributed by atoms with van der Waals surface area (Å²) < 4.78 is 5.09. The van der Waals surface area contributed by atoms with Crippen molar-refractivity contribution in [3.8, 4) is 0 Å². The van der Waals surface area contributed by atoms with Crippen molar-refractivity contribution in [3.05, 3.63) is 53.4 Å². The summed E-state index contributed by atoms with van der Waals surface area (Å²) in [5.41, 5.74) is 0.607. The second-order valence-corrected chi connectivity index (χ2v) is 6.65. The highest BCUT2D eigenvalue weighted by molar-refractivity contribution is 8.15. The topological polar surface area (TPSA) is 96.1 Å². The molecule has 1 atom stereocenters. The Morgan fingerprint density at radius 2 is 2.16 bits per heavy atom. The van der Waals surface area contributed by atoms with Gasteiger partial charge in [-0.05, 0) is 36.4 Å². The fourth-order valence-electron chi connectivity index (χ4n) is 2.00. The third-order valence-corrected chi connectivity index (χ3v) is 4.48. The summed E-state index contributed by atoms with van der Waals surface area (Å²) >= 11 is 6.95. The Morgan fingerprint density at radius 1 is 1.36 bits per heavy atom. The minimum absolute atomic E-state index is 0.0605. The number of benzene rings is 1. The zero-order valence-electron chi connectivity index (χ0n) is 12.8. The van der Waals surface area contributed by atoms with Crippen LogP contribution < -0.4 is 10.6 Å². The van der Waals surface area contributed by atoms with E-state index in [1.54, 1.807) is 36.4 Å². The summed E-state index contributed by atoms with van der Waals surface area (Å²) in [6, 6.07) is 10.2. The molecule has 9 heteroatoms. The lowest BCUT2D eigenvalue weighted by molar-refractivity contribution is -0.123. The SMILES string of the molecule is O=C1C[C@H](C(=O)Nc2ccc(Cl)cc2)SC(=N/N=C/c2ccco2)N1. The standard InChI is InChI=1S/C16H13ClN4O3S/c17-10-3-5-11(6-4-10)19-15(23)13-8-14(22)20-16(25-13)21-18-9-12-2-1-7-24-12/h1-7,9,13H,8H2,(H,19,23)(H,20,21,22)/b18-9+/t13-/m1/s1. The van der Waals surface area contributed by atoms with Crippen molar-refractivity contribution in [1.82, 2.24) is 5.32 Å². The van der Waals surface area contributed by atoms with Gasteiger partial charge >= 0.3 is 0 Å². The highest BCUT2D eigenvalue weighted by Crippen LogP contribution is 2.23. The number of rotatable bonds is 4. The molecule has 0 unspecified atom stereocenters. The van der Waals surface area contributed by atoms with Crippen LogP contribution in [0.25, 0.3) is 0 Å². The van der Waals surface area contributed by atoms with Crippen molar-refractivity contribution in [2.75, 3.05) is 5.32 Å². The molecule has 0 radical (unpaired) electrons. The van der Waals surface area contributed by atoms with E-state index < -0.39 is 5.25 Å². The highest BCUT2D eigenvalue weighted by Gasteiger charge is 2.30. The van der Waals surface area contributed by atoms with Gasteiger partial charge in [-0.1, -0.05) is 23.4 Å². The van der Waals surface area contributed by atoms with Gasteiger partial charge in [0, 0.05) is 17.1 Å². The summed E-state index contributed by atoms with van der Waals surface area (Å²) in [5.74, 6) is -0.0413. The smallest absolute Gasteiger partial charge is 0.238 e. The minimum Gasteiger partial charge on any atom is -0.463 e. The molecule has 25 heavy (non-hydrogen) atoms. The first kappa shape index (κ1) is 17.2. The van der Waals surface area contributed by atoms with Crippen molar-refractivity contribution in [2.45, 2.75) is 11.7 Å². The van der Waals surface area contributed by atoms with E-state index in [9.17, 15) is 9.59 Å². The minimum atomic E-state index is -0.595. The largest absolute Gasteiger partial charge is 0.463 e. The van der Waals surface area contributed by atoms with Crippen molar-refractivity contribution in [3.63, 3.8) is 0 Å². The van der Waals surface area contributed by atoms with E-state index >= 15 is 0 Å². The molecule has 1 saturated heterocycles. The molecule has 0 bridgehead atoms. The molecule has 2 heterocycles. The van der Waals surface area contributed by atoms with Gasteiger partial charge in [0.25, 0.3) is 0 Å². The lowest BCUT2D eigenvalue weighted by Gasteiger charge is -2.21. The molecule has 2 N–H and O–H groups in total. The highest BCUT2D eigenvalue weighted by atomic mass is 35.5. The van der Waals surface area contributed by atoms with Crippen molar-refractivity contribution in [2.24, 2.45) is 10.2 Å². The first-order valence-corrected chi connectivity index (χ1v) is 8.53. The van der Waals surface area contributed by atoms with Gasteiger partial charge in [-0.3, -0.25) is 9.59 Å². The van der Waals surface area contributed by atoms with E-state index in [1.807, 2.05) is 0 Å². The van der Waals surface area contributed by atoms with Crippen molar-refractivity contribution < 1.29 is 14.0 Å². The summed E-state index contributed by atoms with van der Waals surface area (Å²) in [5, 5.41) is 13.3. The first-order chi connectivity index (χ1) is 12.1. The molecule has 1 aliphatic rings. The summed E-state index contributed by atoms with van der Waals surface area (Å²) in [4.78, 5) is 24.2. The molecule has 2 aromatic rings. The molecule has 0 aliphatic carbocycles. The normalized spacial score (nSPS) is 19.2. The van der Waals surface area contributed by atoms with Gasteiger partial charge in [-0.2, -0.15) is 5.10 Å². The lowest BCUT2D eigenvalue weighted by atomic mass is 10.2. The van der Waals surface area contributed by atoms with E-state index in [-0.39, 0.29) is 23.4 Å². The molecule has 7 nitrogen and oxygen atoms in total. The molecule has 1 aromatic carbocycles. The number of anilines is 1. The lowest BCUT2D eigenvalue weighted by Crippen LogP contribution is -2.41. The molecular weight excluding hydrogens is 364 g/mol. The monoisotopic (exact) mass is 376 g/mol. The summed E-state index contributed by atoms with van der Waals surface area (Å²) in [6.45, 7) is 0. The molecule has 1 fully saturated rings. The quantitative estimate of drug-likeness (QED) is 0.633. The third-order valence-electron chi connectivity index (χ3n) is 3.15. The molecule has 1 aromatic heterocycles. The number of carbonyl (C=O) groups is 2. The number of hydrogen-bond acceptors (Lipinski definition) is 6. The van der Waals surface area contributed by atoms with Crippen LogP contribution in [0.5, 0.6) is 0 Å². The average molecular weight is 377 g/mol. The predicted octanol–water partition coefficient (Wildman–Crippen LogP) is 2.88. The molecule has 128 valence electrons. The van der Waals surface area contributed by atoms with Crippen LogP contribution in [-0.2, 0) is 9.59 Å². The summed E-state index contributed by atoms with van der Waals surface area (Å²) in [7, 11) is 0. The van der Waals surface area contributed by atoms with Crippen molar-refractivity contribution in [1.29, 1.82) is 0 Å². The molecule has 0 spiro atoms. The van der Waals surface area contributed by atoms with Crippen LogP contribution in [0.1, 0.15) is 12.2 Å². The number of thioether (sulfide) groups is 1. The fourth-order valence-corrected chi connectivity index (χ4v) is 3.06. The average Bonchev–Trinajstić information content (AvgIpc) is 3.10. The van der Waals surface area contributed by atoms with E-state index in [1.165, 1.54) is 12.5 Å². The Bertz CT molecular complexity index is 818. The second-order valence-electron chi connectivity index (χ2n) is 5.02. The van der Waals surface area contributed by atoms with Gasteiger partial charge in [0.2, 0.25) is 11.8 Å². The van der Waals surface area contributed by atoms with Crippen LogP contribution in [0.2, 0.25) is 5.02 Å². The number of halogens is 1. The Balaban J connectivity index is 1.64. The summed E-state index contributed by atoms with van der Waals surface area (Å²) in [6.07, 6.45) is 2.99. The molecular formula is C16H13ClN4O3S. The van der Waals surface area contributed by atoms with E-state index in [0.29, 0.717) is 16.5 Å². The Labute approximate surface area is 152 Å². The number of amidine groups is 1. The fraction of sp³-hybridized carbons (Fsp3) is 0.125.